The van der Waals surface area contributed by atoms with Crippen molar-refractivity contribution < 1.29 is 42.9 Å². The molecule has 6 aliphatic heterocycles. The minimum atomic E-state index is -1.02. The number of hydrogen-bond donors (Lipinski definition) is 3. The van der Waals surface area contributed by atoms with Gasteiger partial charge in [-0.3, -0.25) is 33.9 Å². The zero-order valence-corrected chi connectivity index (χ0v) is 45.9. The van der Waals surface area contributed by atoms with Crippen LogP contribution in [0.4, 0.5) is 19.4 Å². The summed E-state index contributed by atoms with van der Waals surface area (Å²) in [6.07, 6.45) is 18.4. The number of fused-ring (bicyclic) bond motifs is 4. The van der Waals surface area contributed by atoms with Crippen molar-refractivity contribution in [2.45, 2.75) is 132 Å². The SMILES string of the molecule is C#Cc1c(F)ccc2cc(O)cc(-c3ncc4c(N5CCC[C@@](C)(O)C5)nc(OC[C@@]56CCCN5[C@H](COC(=O)N5CCC7(CC5)CC(N5CCC(c8ccc9c(c8)n(C)c(=O)n9C8CCC(=O)NC8=O)CC5)C7)CC6)nc4c3F)c12. The molecule has 6 saturated heterocycles. The smallest absolute Gasteiger partial charge is 0.409 e. The van der Waals surface area contributed by atoms with Crippen LogP contribution < -0.4 is 20.6 Å². The number of aryl methyl sites for hydroxylation is 1. The molecule has 20 heteroatoms. The first kappa shape index (κ1) is 53.1. The Morgan fingerprint density at radius 3 is 2.47 bits per heavy atom. The van der Waals surface area contributed by atoms with Crippen LogP contribution in [-0.2, 0) is 21.4 Å². The maximum absolute atomic E-state index is 17.2. The van der Waals surface area contributed by atoms with Crippen molar-refractivity contribution in [3.05, 3.63) is 81.9 Å². The van der Waals surface area contributed by atoms with Crippen LogP contribution in [0.5, 0.6) is 11.8 Å². The number of imidazole rings is 1. The number of halogens is 2. The van der Waals surface area contributed by atoms with Crippen molar-refractivity contribution in [2.75, 3.05) is 63.9 Å². The Morgan fingerprint density at radius 2 is 1.70 bits per heavy atom. The van der Waals surface area contributed by atoms with Crippen LogP contribution in [0.15, 0.2) is 53.5 Å². The number of nitrogens with one attached hydrogen (secondary N) is 1. The normalized spacial score (nSPS) is 25.6. The first-order valence-electron chi connectivity index (χ1n) is 28.9. The van der Waals surface area contributed by atoms with E-state index in [0.29, 0.717) is 73.0 Å². The fourth-order valence-electron chi connectivity index (χ4n) is 15.1. The summed E-state index contributed by atoms with van der Waals surface area (Å²) in [6, 6.07) is 11.4. The standard InChI is InChI=1S/C61H68F2N10O8/c1-4-42-45(62)9-7-38-27-41(74)29-43(50(38)42)52-51(63)53-44(32-64-52)54(71-21-5-16-59(2,79)34-71)67-56(66-53)81-35-61-17-6-22-72(61)39(13-18-61)33-80-58(78)70-25-19-60(20-26-70)30-40(31-60)69-23-14-36(15-24-69)37-8-10-46-48(28-37)68(3)57(77)73(46)47-11-12-49(75)65-55(47)76/h1,7-10,27-29,32,36,39-40,47,74,79H,5-6,11-26,30-31,33-35H2,2-3H3,(H,65,75,76)/t39-,47?,59+,61-/m0/s1. The first-order valence-corrected chi connectivity index (χ1v) is 28.9. The number of aromatic nitrogens is 5. The van der Waals surface area contributed by atoms with E-state index in [4.69, 9.17) is 20.9 Å². The van der Waals surface area contributed by atoms with Crippen LogP contribution in [0.1, 0.15) is 120 Å². The summed E-state index contributed by atoms with van der Waals surface area (Å²) in [6.45, 7) is 7.21. The second-order valence-electron chi connectivity index (χ2n) is 24.6. The lowest BCUT2D eigenvalue weighted by Gasteiger charge is -2.56. The Bertz CT molecular complexity index is 3650. The van der Waals surface area contributed by atoms with E-state index >= 15 is 8.78 Å². The molecule has 18 nitrogen and oxygen atoms in total. The summed E-state index contributed by atoms with van der Waals surface area (Å²) in [5.41, 5.74) is 1.05. The number of amides is 3. The van der Waals surface area contributed by atoms with Gasteiger partial charge in [0, 0.05) is 68.9 Å². The van der Waals surface area contributed by atoms with Gasteiger partial charge in [-0.05, 0) is 163 Å². The fourth-order valence-corrected chi connectivity index (χ4v) is 15.1. The van der Waals surface area contributed by atoms with Crippen LogP contribution in [0.25, 0.3) is 44.0 Å². The van der Waals surface area contributed by atoms with E-state index in [9.17, 15) is 29.4 Å². The van der Waals surface area contributed by atoms with Crippen molar-refractivity contribution >= 4 is 56.4 Å². The molecular formula is C61H68F2N10O8. The van der Waals surface area contributed by atoms with Crippen molar-refractivity contribution in [3.8, 4) is 35.4 Å². The number of ether oxygens (including phenoxy) is 2. The van der Waals surface area contributed by atoms with Gasteiger partial charge in [0.25, 0.3) is 0 Å². The molecular weight excluding hydrogens is 1040 g/mol. The number of hydrogen-bond acceptors (Lipinski definition) is 14. The number of rotatable bonds is 10. The molecule has 3 aromatic carbocycles. The molecule has 1 unspecified atom stereocenters. The summed E-state index contributed by atoms with van der Waals surface area (Å²) >= 11 is 0. The molecule has 3 amide bonds. The number of terminal acetylenes is 1. The lowest BCUT2D eigenvalue weighted by Crippen LogP contribution is -2.56. The topological polar surface area (TPSA) is 201 Å². The summed E-state index contributed by atoms with van der Waals surface area (Å²) in [5, 5.41) is 25.2. The number of pyridine rings is 1. The molecule has 0 radical (unpaired) electrons. The lowest BCUT2D eigenvalue weighted by molar-refractivity contribution is -0.135. The second-order valence-corrected chi connectivity index (χ2v) is 24.6. The third kappa shape index (κ3) is 9.42. The zero-order chi connectivity index (χ0) is 56.1. The van der Waals surface area contributed by atoms with Crippen LogP contribution in [0.3, 0.4) is 0 Å². The van der Waals surface area contributed by atoms with E-state index < -0.39 is 29.2 Å². The minimum Gasteiger partial charge on any atom is -0.508 e. The number of carbonyl (C=O) groups excluding carboxylic acids is 3. The van der Waals surface area contributed by atoms with Crippen LogP contribution in [-0.4, -0.2) is 149 Å². The Balaban J connectivity index is 0.624. The number of carbonyl (C=O) groups is 3. The summed E-state index contributed by atoms with van der Waals surface area (Å²) < 4.78 is 48.1. The quantitative estimate of drug-likeness (QED) is 0.0904. The molecule has 7 fully saturated rings. The lowest BCUT2D eigenvalue weighted by atomic mass is 9.59. The number of benzene rings is 3. The van der Waals surface area contributed by atoms with Gasteiger partial charge in [0.2, 0.25) is 11.8 Å². The van der Waals surface area contributed by atoms with Gasteiger partial charge < -0.3 is 34.4 Å². The number of likely N-dealkylation sites (tertiary alicyclic amines) is 2. The summed E-state index contributed by atoms with van der Waals surface area (Å²) in [5.74, 6) is 0.714. The number of aromatic hydroxyl groups is 1. The molecule has 3 N–H and O–H groups in total. The molecule has 13 rings (SSSR count). The largest absolute Gasteiger partial charge is 0.508 e. The van der Waals surface area contributed by atoms with E-state index in [-0.39, 0.29) is 100 Å². The molecule has 4 atom stereocenters. The summed E-state index contributed by atoms with van der Waals surface area (Å²) in [7, 11) is 1.74. The fraction of sp³-hybridized carbons (Fsp3) is 0.525. The minimum absolute atomic E-state index is 0.000827. The number of phenolic OH excluding ortho intramolecular Hbond substituents is 1. The van der Waals surface area contributed by atoms with Gasteiger partial charge >= 0.3 is 17.8 Å². The molecule has 1 spiro atoms. The number of nitrogens with zero attached hydrogens (tertiary/aromatic N) is 9. The van der Waals surface area contributed by atoms with E-state index in [0.717, 1.165) is 89.4 Å². The molecule has 1 saturated carbocycles. The maximum Gasteiger partial charge on any atom is 0.409 e. The number of imide groups is 1. The Kier molecular flexibility index (Phi) is 13.3. The molecule has 9 heterocycles. The van der Waals surface area contributed by atoms with E-state index in [1.807, 2.05) is 15.9 Å². The number of piperidine rings is 4. The van der Waals surface area contributed by atoms with E-state index in [2.05, 4.69) is 43.1 Å². The summed E-state index contributed by atoms with van der Waals surface area (Å²) in [4.78, 5) is 74.4. The first-order chi connectivity index (χ1) is 39.0. The monoisotopic (exact) mass is 1110 g/mol. The van der Waals surface area contributed by atoms with Gasteiger partial charge in [-0.25, -0.2) is 18.4 Å². The highest BCUT2D eigenvalue weighted by molar-refractivity contribution is 6.03. The van der Waals surface area contributed by atoms with Crippen LogP contribution in [0.2, 0.25) is 0 Å². The van der Waals surface area contributed by atoms with Crippen molar-refractivity contribution in [1.82, 2.24) is 44.1 Å². The van der Waals surface area contributed by atoms with Gasteiger partial charge in [-0.1, -0.05) is 18.1 Å². The average molecular weight is 1110 g/mol. The molecule has 3 aromatic heterocycles. The third-order valence-corrected chi connectivity index (χ3v) is 19.5. The Labute approximate surface area is 467 Å². The second kappa shape index (κ2) is 20.3. The third-order valence-electron chi connectivity index (χ3n) is 19.5. The maximum atomic E-state index is 17.2. The molecule has 7 aliphatic rings. The highest BCUT2D eigenvalue weighted by Gasteiger charge is 2.52. The Morgan fingerprint density at radius 1 is 0.914 bits per heavy atom. The predicted molar refractivity (Wildman–Crippen MR) is 299 cm³/mol. The number of β-amino-alcohol motifs (C(OH)–C–C–N with tert-alkyl or cyclic N) is 1. The molecule has 1 aliphatic carbocycles. The average Bonchev–Trinajstić information content (AvgIpc) is 4.22. The van der Waals surface area contributed by atoms with Gasteiger partial charge in [0.1, 0.15) is 47.9 Å². The zero-order valence-electron chi connectivity index (χ0n) is 45.9. The van der Waals surface area contributed by atoms with Crippen LogP contribution >= 0.6 is 0 Å². The molecule has 424 valence electrons. The Hall–Kier alpha value is -7.21. The molecule has 81 heavy (non-hydrogen) atoms. The number of aliphatic hydroxyl groups is 1. The van der Waals surface area contributed by atoms with Gasteiger partial charge in [0.15, 0.2) is 5.82 Å². The van der Waals surface area contributed by atoms with Gasteiger partial charge in [-0.2, -0.15) is 9.97 Å². The van der Waals surface area contributed by atoms with Crippen molar-refractivity contribution in [1.29, 1.82) is 0 Å². The van der Waals surface area contributed by atoms with Crippen LogP contribution in [0, 0.1) is 29.4 Å². The van der Waals surface area contributed by atoms with Gasteiger partial charge in [-0.15, -0.1) is 6.42 Å². The number of anilines is 1. The van der Waals surface area contributed by atoms with E-state index in [1.165, 1.54) is 40.6 Å². The van der Waals surface area contributed by atoms with Crippen molar-refractivity contribution in [2.24, 2.45) is 12.5 Å². The van der Waals surface area contributed by atoms with E-state index in [1.54, 1.807) is 18.5 Å². The molecule has 0 bridgehead atoms. The van der Waals surface area contributed by atoms with Crippen molar-refractivity contribution in [3.63, 3.8) is 0 Å². The highest BCUT2D eigenvalue weighted by atomic mass is 19.1. The molecule has 6 aromatic rings. The van der Waals surface area contributed by atoms with Gasteiger partial charge in [0.05, 0.1) is 33.1 Å². The number of phenols is 1. The predicted octanol–water partition coefficient (Wildman–Crippen LogP) is 7.43. The highest BCUT2D eigenvalue weighted by Crippen LogP contribution is 2.52.